The van der Waals surface area contributed by atoms with Crippen molar-refractivity contribution in [1.82, 2.24) is 0 Å². The number of nitrogens with one attached hydrogen (secondary N) is 2. The maximum absolute atomic E-state index is 12.9. The number of benzene rings is 3. The van der Waals surface area contributed by atoms with Crippen LogP contribution >= 0.6 is 0 Å². The molecule has 3 aromatic rings. The summed E-state index contributed by atoms with van der Waals surface area (Å²) in [5.41, 5.74) is 5.00. The molecule has 5 nitrogen and oxygen atoms in total. The quantitative estimate of drug-likeness (QED) is 0.375. The third-order valence-electron chi connectivity index (χ3n) is 8.53. The summed E-state index contributed by atoms with van der Waals surface area (Å²) in [6, 6.07) is 23.2. The van der Waals surface area contributed by atoms with E-state index in [1.165, 1.54) is 51.2 Å². The van der Waals surface area contributed by atoms with Gasteiger partial charge in [-0.05, 0) is 110 Å². The van der Waals surface area contributed by atoms with Crippen molar-refractivity contribution in [3.63, 3.8) is 0 Å². The van der Waals surface area contributed by atoms with Gasteiger partial charge in [0.15, 0.2) is 0 Å². The zero-order chi connectivity index (χ0) is 24.7. The summed E-state index contributed by atoms with van der Waals surface area (Å²) >= 11 is 0. The lowest BCUT2D eigenvalue weighted by molar-refractivity contribution is -0.00518. The van der Waals surface area contributed by atoms with E-state index in [-0.39, 0.29) is 5.91 Å². The van der Waals surface area contributed by atoms with Crippen molar-refractivity contribution < 1.29 is 14.3 Å². The monoisotopic (exact) mass is 480 g/mol. The molecular weight excluding hydrogens is 448 g/mol. The van der Waals surface area contributed by atoms with E-state index < -0.39 is 5.97 Å². The van der Waals surface area contributed by atoms with Gasteiger partial charge >= 0.3 is 5.97 Å². The van der Waals surface area contributed by atoms with Crippen LogP contribution in [0.1, 0.15) is 64.8 Å². The van der Waals surface area contributed by atoms with Crippen molar-refractivity contribution in [2.24, 2.45) is 17.8 Å². The molecule has 5 heteroatoms. The van der Waals surface area contributed by atoms with Crippen molar-refractivity contribution in [3.8, 4) is 0 Å². The summed E-state index contributed by atoms with van der Waals surface area (Å²) in [6.07, 6.45) is 8.46. The van der Waals surface area contributed by atoms with E-state index in [0.717, 1.165) is 29.1 Å². The molecule has 4 bridgehead atoms. The molecule has 4 saturated carbocycles. The van der Waals surface area contributed by atoms with Gasteiger partial charge in [0.2, 0.25) is 0 Å². The second-order valence-corrected chi connectivity index (χ2v) is 11.0. The molecule has 4 fully saturated rings. The zero-order valence-electron chi connectivity index (χ0n) is 20.6. The van der Waals surface area contributed by atoms with Crippen LogP contribution in [0, 0.1) is 17.8 Å². The lowest BCUT2D eigenvalue weighted by atomic mass is 9.48. The van der Waals surface area contributed by atoms with E-state index in [4.69, 9.17) is 4.74 Å². The molecule has 0 radical (unpaired) electrons. The van der Waals surface area contributed by atoms with E-state index in [1.807, 2.05) is 18.2 Å². The highest BCUT2D eigenvalue weighted by molar-refractivity contribution is 6.08. The Morgan fingerprint density at radius 1 is 0.806 bits per heavy atom. The van der Waals surface area contributed by atoms with Gasteiger partial charge in [-0.2, -0.15) is 0 Å². The number of esters is 1. The SMILES string of the molecule is COC(=O)c1ccccc1NC(=O)c1cccc(Nc2ccc(C34CC5CC(CC(C5)C3)C4)cc2)c1. The average molecular weight is 481 g/mol. The number of rotatable bonds is 6. The topological polar surface area (TPSA) is 67.4 Å². The Morgan fingerprint density at radius 3 is 2.14 bits per heavy atom. The summed E-state index contributed by atoms with van der Waals surface area (Å²) in [6.45, 7) is 0. The van der Waals surface area contributed by atoms with Crippen molar-refractivity contribution in [2.75, 3.05) is 17.7 Å². The minimum atomic E-state index is -0.488. The zero-order valence-corrected chi connectivity index (χ0v) is 20.6. The van der Waals surface area contributed by atoms with Crippen LogP contribution in [0.4, 0.5) is 17.1 Å². The average Bonchev–Trinajstić information content (AvgIpc) is 2.88. The fourth-order valence-corrected chi connectivity index (χ4v) is 7.35. The first-order valence-corrected chi connectivity index (χ1v) is 13.0. The van der Waals surface area contributed by atoms with Crippen molar-refractivity contribution >= 4 is 28.9 Å². The van der Waals surface area contributed by atoms with Crippen LogP contribution in [0.25, 0.3) is 0 Å². The first kappa shape index (κ1) is 22.8. The minimum Gasteiger partial charge on any atom is -0.465 e. The second kappa shape index (κ2) is 9.12. The van der Waals surface area contributed by atoms with Gasteiger partial charge in [-0.25, -0.2) is 4.79 Å². The van der Waals surface area contributed by atoms with Gasteiger partial charge in [-0.1, -0.05) is 30.3 Å². The van der Waals surface area contributed by atoms with E-state index in [0.29, 0.717) is 22.2 Å². The molecule has 0 heterocycles. The molecule has 0 aromatic heterocycles. The number of amides is 1. The third-order valence-corrected chi connectivity index (χ3v) is 8.53. The number of methoxy groups -OCH3 is 1. The Labute approximate surface area is 212 Å². The van der Waals surface area contributed by atoms with E-state index >= 15 is 0 Å². The molecule has 1 amide bonds. The Balaban J connectivity index is 1.16. The predicted octanol–water partition coefficient (Wildman–Crippen LogP) is 6.94. The van der Waals surface area contributed by atoms with Crippen LogP contribution in [0.3, 0.4) is 0 Å². The van der Waals surface area contributed by atoms with Gasteiger partial charge < -0.3 is 15.4 Å². The highest BCUT2D eigenvalue weighted by atomic mass is 16.5. The predicted molar refractivity (Wildman–Crippen MR) is 142 cm³/mol. The minimum absolute atomic E-state index is 0.285. The maximum Gasteiger partial charge on any atom is 0.339 e. The molecular formula is C31H32N2O3. The molecule has 4 aliphatic carbocycles. The highest BCUT2D eigenvalue weighted by Crippen LogP contribution is 2.60. The first-order chi connectivity index (χ1) is 17.5. The van der Waals surface area contributed by atoms with Gasteiger partial charge in [0, 0.05) is 16.9 Å². The summed E-state index contributed by atoms with van der Waals surface area (Å²) in [4.78, 5) is 25.0. The number of carbonyl (C=O) groups excluding carboxylic acids is 2. The van der Waals surface area contributed by atoms with Crippen LogP contribution in [-0.4, -0.2) is 19.0 Å². The molecule has 3 aromatic carbocycles. The van der Waals surface area contributed by atoms with Gasteiger partial charge in [0.25, 0.3) is 5.91 Å². The fraction of sp³-hybridized carbons (Fsp3) is 0.355. The van der Waals surface area contributed by atoms with Crippen molar-refractivity contribution in [2.45, 2.75) is 43.9 Å². The van der Waals surface area contributed by atoms with E-state index in [1.54, 1.807) is 30.3 Å². The largest absolute Gasteiger partial charge is 0.465 e. The Morgan fingerprint density at radius 2 is 1.47 bits per heavy atom. The van der Waals surface area contributed by atoms with Gasteiger partial charge in [0.05, 0.1) is 18.4 Å². The highest BCUT2D eigenvalue weighted by Gasteiger charge is 2.51. The van der Waals surface area contributed by atoms with Crippen LogP contribution in [0.15, 0.2) is 72.8 Å². The molecule has 2 N–H and O–H groups in total. The van der Waals surface area contributed by atoms with Crippen LogP contribution in [-0.2, 0) is 10.2 Å². The summed E-state index contributed by atoms with van der Waals surface area (Å²) in [7, 11) is 1.33. The van der Waals surface area contributed by atoms with Gasteiger partial charge in [-0.15, -0.1) is 0 Å². The summed E-state index contributed by atoms with van der Waals surface area (Å²) in [5, 5.41) is 6.28. The molecule has 0 unspecified atom stereocenters. The Bertz CT molecular complexity index is 1260. The first-order valence-electron chi connectivity index (χ1n) is 13.0. The summed E-state index contributed by atoms with van der Waals surface area (Å²) < 4.78 is 4.83. The number of carbonyl (C=O) groups is 2. The normalized spacial score (nSPS) is 25.9. The lowest BCUT2D eigenvalue weighted by Crippen LogP contribution is -2.48. The molecule has 36 heavy (non-hydrogen) atoms. The number of para-hydroxylation sites is 1. The molecule has 0 aliphatic heterocycles. The summed E-state index contributed by atoms with van der Waals surface area (Å²) in [5.74, 6) is 2.03. The number of hydrogen-bond donors (Lipinski definition) is 2. The molecule has 4 aliphatic rings. The van der Waals surface area contributed by atoms with Crippen molar-refractivity contribution in [3.05, 3.63) is 89.5 Å². The van der Waals surface area contributed by atoms with Crippen LogP contribution < -0.4 is 10.6 Å². The Kier molecular flexibility index (Phi) is 5.79. The molecule has 184 valence electrons. The number of anilines is 3. The van der Waals surface area contributed by atoms with E-state index in [2.05, 4.69) is 34.9 Å². The van der Waals surface area contributed by atoms with E-state index in [9.17, 15) is 9.59 Å². The molecule has 7 rings (SSSR count). The molecule has 0 spiro atoms. The van der Waals surface area contributed by atoms with Gasteiger partial charge in [-0.3, -0.25) is 4.79 Å². The smallest absolute Gasteiger partial charge is 0.339 e. The lowest BCUT2D eigenvalue weighted by Gasteiger charge is -2.57. The maximum atomic E-state index is 12.9. The molecule has 0 atom stereocenters. The second-order valence-electron chi connectivity index (χ2n) is 11.0. The fourth-order valence-electron chi connectivity index (χ4n) is 7.35. The molecule has 0 saturated heterocycles. The van der Waals surface area contributed by atoms with Crippen LogP contribution in [0.5, 0.6) is 0 Å². The number of hydrogen-bond acceptors (Lipinski definition) is 4. The third kappa shape index (κ3) is 4.27. The number of ether oxygens (including phenoxy) is 1. The Hall–Kier alpha value is -3.60. The van der Waals surface area contributed by atoms with Crippen molar-refractivity contribution in [1.29, 1.82) is 0 Å². The van der Waals surface area contributed by atoms with Crippen LogP contribution in [0.2, 0.25) is 0 Å². The standard InChI is InChI=1S/C31H32N2O3/c1-36-30(35)27-7-2-3-8-28(27)33-29(34)23-5-4-6-26(16-23)32-25-11-9-24(10-12-25)31-17-20-13-21(18-31)15-22(14-20)19-31/h2-12,16,20-22,32H,13-15,17-19H2,1H3,(H,33,34). The van der Waals surface area contributed by atoms with Gasteiger partial charge in [0.1, 0.15) is 0 Å².